The normalized spacial score (nSPS) is 20.9. The van der Waals surface area contributed by atoms with E-state index in [-0.39, 0.29) is 5.03 Å². The summed E-state index contributed by atoms with van der Waals surface area (Å²) in [6.07, 6.45) is 1.07. The number of halogens is 1. The van der Waals surface area contributed by atoms with Crippen LogP contribution in [0.3, 0.4) is 0 Å². The summed E-state index contributed by atoms with van der Waals surface area (Å²) in [5.41, 5.74) is -0.188. The summed E-state index contributed by atoms with van der Waals surface area (Å²) >= 11 is 5.89. The van der Waals surface area contributed by atoms with Gasteiger partial charge in [0.25, 0.3) is 0 Å². The van der Waals surface area contributed by atoms with E-state index in [1.54, 1.807) is 0 Å². The van der Waals surface area contributed by atoms with Crippen LogP contribution >= 0.6 is 11.6 Å². The first-order valence-electron chi connectivity index (χ1n) is 5.88. The topological polar surface area (TPSA) is 83.8 Å². The first-order chi connectivity index (χ1) is 8.35. The highest BCUT2D eigenvalue weighted by Crippen LogP contribution is 2.53. The van der Waals surface area contributed by atoms with Crippen LogP contribution in [0.2, 0.25) is 0 Å². The number of rotatable bonds is 2. The Balaban J connectivity index is 0.000000711. The lowest BCUT2D eigenvalue weighted by Gasteiger charge is -2.19. The predicted molar refractivity (Wildman–Crippen MR) is 72.3 cm³/mol. The van der Waals surface area contributed by atoms with E-state index in [4.69, 9.17) is 31.3 Å². The highest BCUT2D eigenvalue weighted by atomic mass is 35.5. The number of esters is 1. The number of allylic oxidation sites excluding steroid dienone is 1. The van der Waals surface area contributed by atoms with Gasteiger partial charge in [0.05, 0.1) is 0 Å². The van der Waals surface area contributed by atoms with Crippen LogP contribution in [0.1, 0.15) is 41.0 Å². The third-order valence-electron chi connectivity index (χ3n) is 2.53. The van der Waals surface area contributed by atoms with E-state index in [0.717, 1.165) is 6.42 Å². The fourth-order valence-corrected chi connectivity index (χ4v) is 1.55. The van der Waals surface area contributed by atoms with E-state index >= 15 is 0 Å². The Kier molecular flexibility index (Phi) is 5.87. The summed E-state index contributed by atoms with van der Waals surface area (Å²) < 4.78 is 5.16. The van der Waals surface area contributed by atoms with Crippen molar-refractivity contribution in [1.29, 1.82) is 0 Å². The summed E-state index contributed by atoms with van der Waals surface area (Å²) in [4.78, 5) is 20.1. The number of hydrogen-bond donors (Lipinski definition) is 2. The molecule has 2 N–H and O–H groups in total. The molecule has 0 aromatic rings. The number of ether oxygens (including phenoxy) is 1. The van der Waals surface area contributed by atoms with E-state index in [1.165, 1.54) is 0 Å². The molecule has 1 fully saturated rings. The minimum Gasteiger partial charge on any atom is -0.456 e. The molecule has 0 aromatic heterocycles. The number of carbonyl (C=O) groups is 2. The van der Waals surface area contributed by atoms with Crippen molar-refractivity contribution >= 4 is 23.7 Å². The van der Waals surface area contributed by atoms with Crippen LogP contribution < -0.4 is 0 Å². The van der Waals surface area contributed by atoms with Gasteiger partial charge in [0.15, 0.2) is 0 Å². The quantitative estimate of drug-likeness (QED) is 0.598. The molecule has 6 heteroatoms. The Morgan fingerprint density at radius 1 is 1.32 bits per heavy atom. The van der Waals surface area contributed by atoms with Gasteiger partial charge in [-0.05, 0) is 38.5 Å². The minimum atomic E-state index is -1.83. The Hall–Kier alpha value is -1.23. The summed E-state index contributed by atoms with van der Waals surface area (Å²) in [5.74, 6) is -0.00983. The first kappa shape index (κ1) is 17.8. The summed E-state index contributed by atoms with van der Waals surface area (Å²) in [6, 6.07) is 0. The summed E-state index contributed by atoms with van der Waals surface area (Å²) in [7, 11) is 0. The number of carbonyl (C=O) groups excluding carboxylic acids is 1. The fourth-order valence-electron chi connectivity index (χ4n) is 1.36. The number of hydrogen-bond acceptors (Lipinski definition) is 3. The van der Waals surface area contributed by atoms with Crippen molar-refractivity contribution in [2.75, 3.05) is 0 Å². The van der Waals surface area contributed by atoms with Gasteiger partial charge in [-0.15, -0.1) is 0 Å². The van der Waals surface area contributed by atoms with E-state index < -0.39 is 17.7 Å². The molecule has 0 heterocycles. The van der Waals surface area contributed by atoms with Gasteiger partial charge >= 0.3 is 12.1 Å². The molecule has 0 saturated heterocycles. The SMILES string of the molecule is CC(C)(C)OC(=O)C(Cl)=CC1CC1(C)C.O=C(O)O. The van der Waals surface area contributed by atoms with Crippen molar-refractivity contribution in [1.82, 2.24) is 0 Å². The maximum absolute atomic E-state index is 11.5. The van der Waals surface area contributed by atoms with Crippen LogP contribution in [0.15, 0.2) is 11.1 Å². The third kappa shape index (κ3) is 8.48. The van der Waals surface area contributed by atoms with Crippen LogP contribution in [0.4, 0.5) is 4.79 Å². The second-order valence-corrected chi connectivity index (χ2v) is 6.51. The maximum atomic E-state index is 11.5. The molecule has 0 spiro atoms. The standard InChI is InChI=1S/C12H19ClO2.CH2O3/c1-11(2,3)15-10(14)9(13)6-8-7-12(8,4)5;2-1(3)4/h6,8H,7H2,1-5H3;(H2,2,3,4). The highest BCUT2D eigenvalue weighted by molar-refractivity contribution is 6.41. The molecule has 0 radical (unpaired) electrons. The first-order valence-corrected chi connectivity index (χ1v) is 6.25. The zero-order valence-electron chi connectivity index (χ0n) is 11.9. The molecular formula is C13H21ClO5. The zero-order valence-corrected chi connectivity index (χ0v) is 12.6. The lowest BCUT2D eigenvalue weighted by molar-refractivity contribution is -0.149. The Morgan fingerprint density at radius 3 is 1.95 bits per heavy atom. The van der Waals surface area contributed by atoms with Crippen molar-refractivity contribution in [2.24, 2.45) is 11.3 Å². The summed E-state index contributed by atoms with van der Waals surface area (Å²) in [6.45, 7) is 9.81. The minimum absolute atomic E-state index is 0.209. The van der Waals surface area contributed by atoms with Crippen LogP contribution in [0.5, 0.6) is 0 Å². The molecule has 0 bridgehead atoms. The fraction of sp³-hybridized carbons (Fsp3) is 0.692. The molecule has 19 heavy (non-hydrogen) atoms. The molecular weight excluding hydrogens is 272 g/mol. The number of carboxylic acid groups (broad SMARTS) is 2. The molecule has 0 aliphatic heterocycles. The molecule has 1 atom stereocenters. The predicted octanol–water partition coefficient (Wildman–Crippen LogP) is 3.72. The largest absolute Gasteiger partial charge is 0.503 e. The maximum Gasteiger partial charge on any atom is 0.503 e. The second kappa shape index (κ2) is 6.28. The van der Waals surface area contributed by atoms with Crippen molar-refractivity contribution in [3.8, 4) is 0 Å². The van der Waals surface area contributed by atoms with Gasteiger partial charge in [-0.2, -0.15) is 0 Å². The van der Waals surface area contributed by atoms with Crippen molar-refractivity contribution in [3.63, 3.8) is 0 Å². The molecule has 1 rings (SSSR count). The highest BCUT2D eigenvalue weighted by Gasteiger charge is 2.44. The lowest BCUT2D eigenvalue weighted by atomic mass is 10.1. The van der Waals surface area contributed by atoms with E-state index in [1.807, 2.05) is 26.8 Å². The van der Waals surface area contributed by atoms with Crippen LogP contribution in [-0.2, 0) is 9.53 Å². The van der Waals surface area contributed by atoms with Gasteiger partial charge in [0.1, 0.15) is 10.6 Å². The van der Waals surface area contributed by atoms with Crippen LogP contribution in [-0.4, -0.2) is 27.9 Å². The van der Waals surface area contributed by atoms with Crippen LogP contribution in [0, 0.1) is 11.3 Å². The average Bonchev–Trinajstić information content (AvgIpc) is 2.69. The second-order valence-electron chi connectivity index (χ2n) is 6.10. The molecule has 1 unspecified atom stereocenters. The van der Waals surface area contributed by atoms with Gasteiger partial charge < -0.3 is 14.9 Å². The molecule has 1 aliphatic rings. The van der Waals surface area contributed by atoms with Crippen molar-refractivity contribution < 1.29 is 24.5 Å². The molecule has 0 aromatic carbocycles. The van der Waals surface area contributed by atoms with E-state index in [0.29, 0.717) is 11.3 Å². The van der Waals surface area contributed by atoms with Crippen molar-refractivity contribution in [3.05, 3.63) is 11.1 Å². The molecule has 110 valence electrons. The molecule has 5 nitrogen and oxygen atoms in total. The Bertz CT molecular complexity index is 375. The third-order valence-corrected chi connectivity index (χ3v) is 2.81. The zero-order chi connectivity index (χ0) is 15.4. The molecule has 1 saturated carbocycles. The lowest BCUT2D eigenvalue weighted by Crippen LogP contribution is -2.23. The van der Waals surface area contributed by atoms with Crippen molar-refractivity contribution in [2.45, 2.75) is 46.6 Å². The average molecular weight is 293 g/mol. The molecule has 1 aliphatic carbocycles. The Morgan fingerprint density at radius 2 is 1.68 bits per heavy atom. The van der Waals surface area contributed by atoms with Gasteiger partial charge in [-0.1, -0.05) is 31.5 Å². The van der Waals surface area contributed by atoms with E-state index in [2.05, 4.69) is 13.8 Å². The monoisotopic (exact) mass is 292 g/mol. The summed E-state index contributed by atoms with van der Waals surface area (Å²) in [5, 5.41) is 14.2. The van der Waals surface area contributed by atoms with Gasteiger partial charge in [0.2, 0.25) is 0 Å². The van der Waals surface area contributed by atoms with Gasteiger partial charge in [0, 0.05) is 0 Å². The smallest absolute Gasteiger partial charge is 0.456 e. The van der Waals surface area contributed by atoms with E-state index in [9.17, 15) is 4.79 Å². The van der Waals surface area contributed by atoms with Gasteiger partial charge in [-0.25, -0.2) is 9.59 Å². The van der Waals surface area contributed by atoms with Gasteiger partial charge in [-0.3, -0.25) is 0 Å². The Labute approximate surface area is 118 Å². The van der Waals surface area contributed by atoms with Crippen LogP contribution in [0.25, 0.3) is 0 Å². The molecule has 0 amide bonds.